The smallest absolute Gasteiger partial charge is 0.223 e. The normalized spacial score (nSPS) is 17.8. The number of piperazine rings is 1. The van der Waals surface area contributed by atoms with E-state index in [1.807, 2.05) is 51.6 Å². The van der Waals surface area contributed by atoms with Gasteiger partial charge in [-0.15, -0.1) is 11.3 Å². The van der Waals surface area contributed by atoms with E-state index in [0.29, 0.717) is 26.1 Å². The molecule has 2 heterocycles. The van der Waals surface area contributed by atoms with Crippen molar-refractivity contribution in [2.24, 2.45) is 0 Å². The van der Waals surface area contributed by atoms with Gasteiger partial charge < -0.3 is 9.80 Å². The van der Waals surface area contributed by atoms with Gasteiger partial charge >= 0.3 is 0 Å². The molecule has 1 saturated heterocycles. The molecule has 1 aliphatic heterocycles. The summed E-state index contributed by atoms with van der Waals surface area (Å²) in [5.41, 5.74) is 1.09. The number of amides is 2. The van der Waals surface area contributed by atoms with Crippen LogP contribution in [0.25, 0.3) is 0 Å². The highest BCUT2D eigenvalue weighted by molar-refractivity contribution is 7.09. The van der Waals surface area contributed by atoms with Gasteiger partial charge in [-0.2, -0.15) is 0 Å². The average Bonchev–Trinajstić information content (AvgIpc) is 3.13. The van der Waals surface area contributed by atoms with Gasteiger partial charge in [0.25, 0.3) is 0 Å². The molecule has 0 N–H and O–H groups in total. The molecule has 1 aliphatic rings. The lowest BCUT2D eigenvalue weighted by molar-refractivity contribution is -0.141. The summed E-state index contributed by atoms with van der Waals surface area (Å²) < 4.78 is 0. The first-order chi connectivity index (χ1) is 11.6. The summed E-state index contributed by atoms with van der Waals surface area (Å²) in [6.07, 6.45) is 1.32. The van der Waals surface area contributed by atoms with Gasteiger partial charge in [-0.05, 0) is 23.4 Å². The lowest BCUT2D eigenvalue weighted by Gasteiger charge is -2.41. The van der Waals surface area contributed by atoms with E-state index in [4.69, 9.17) is 0 Å². The highest BCUT2D eigenvalue weighted by Crippen LogP contribution is 2.26. The Labute approximate surface area is 146 Å². The summed E-state index contributed by atoms with van der Waals surface area (Å²) in [5.74, 6) is 0.238. The zero-order valence-electron chi connectivity index (χ0n) is 13.9. The van der Waals surface area contributed by atoms with E-state index < -0.39 is 0 Å². The number of thiophene rings is 1. The van der Waals surface area contributed by atoms with Gasteiger partial charge in [0.05, 0.1) is 6.04 Å². The summed E-state index contributed by atoms with van der Waals surface area (Å²) in [7, 11) is 0. The van der Waals surface area contributed by atoms with Crippen LogP contribution in [-0.4, -0.2) is 41.2 Å². The highest BCUT2D eigenvalue weighted by Gasteiger charge is 2.31. The van der Waals surface area contributed by atoms with Crippen molar-refractivity contribution >= 4 is 23.2 Å². The number of carbonyl (C=O) groups is 2. The molecule has 0 bridgehead atoms. The van der Waals surface area contributed by atoms with Crippen LogP contribution in [0.5, 0.6) is 0 Å². The van der Waals surface area contributed by atoms with Crippen LogP contribution >= 0.6 is 11.3 Å². The fourth-order valence-electron chi connectivity index (χ4n) is 3.19. The monoisotopic (exact) mass is 342 g/mol. The molecule has 0 radical (unpaired) electrons. The molecule has 24 heavy (non-hydrogen) atoms. The van der Waals surface area contributed by atoms with Crippen molar-refractivity contribution in [3.05, 3.63) is 58.3 Å². The lowest BCUT2D eigenvalue weighted by Crippen LogP contribution is -2.51. The Bertz CT molecular complexity index is 685. The minimum atomic E-state index is -0.0527. The maximum absolute atomic E-state index is 12.6. The number of carbonyl (C=O) groups excluding carboxylic acids is 2. The lowest BCUT2D eigenvalue weighted by atomic mass is 10.0. The quantitative estimate of drug-likeness (QED) is 0.856. The largest absolute Gasteiger partial charge is 0.338 e. The van der Waals surface area contributed by atoms with E-state index in [0.717, 1.165) is 12.0 Å². The minimum Gasteiger partial charge on any atom is -0.338 e. The van der Waals surface area contributed by atoms with Gasteiger partial charge in [0.15, 0.2) is 0 Å². The van der Waals surface area contributed by atoms with E-state index >= 15 is 0 Å². The van der Waals surface area contributed by atoms with Crippen LogP contribution in [0.2, 0.25) is 0 Å². The van der Waals surface area contributed by atoms with E-state index in [1.54, 1.807) is 18.3 Å². The molecular formula is C19H22N2O2S. The van der Waals surface area contributed by atoms with Crippen molar-refractivity contribution in [2.45, 2.75) is 25.8 Å². The molecule has 0 saturated carbocycles. The summed E-state index contributed by atoms with van der Waals surface area (Å²) in [6, 6.07) is 14.0. The summed E-state index contributed by atoms with van der Waals surface area (Å²) in [5, 5.41) is 2.04. The summed E-state index contributed by atoms with van der Waals surface area (Å²) in [6.45, 7) is 3.39. The second-order valence-corrected chi connectivity index (χ2v) is 7.09. The SMILES string of the molecule is CC(=O)N1CCN(C(=O)CCc2cccs2)C[C@H]1c1ccccc1. The van der Waals surface area contributed by atoms with Gasteiger partial charge in [-0.1, -0.05) is 36.4 Å². The summed E-state index contributed by atoms with van der Waals surface area (Å²) >= 11 is 1.69. The molecular weight excluding hydrogens is 320 g/mol. The van der Waals surface area contributed by atoms with Crippen LogP contribution in [0.1, 0.15) is 29.8 Å². The van der Waals surface area contributed by atoms with Crippen LogP contribution < -0.4 is 0 Å². The molecule has 3 rings (SSSR count). The van der Waals surface area contributed by atoms with Crippen LogP contribution in [0, 0.1) is 0 Å². The van der Waals surface area contributed by atoms with Crippen molar-refractivity contribution in [3.63, 3.8) is 0 Å². The molecule has 0 unspecified atom stereocenters. The topological polar surface area (TPSA) is 40.6 Å². The molecule has 1 aromatic heterocycles. The molecule has 5 heteroatoms. The Morgan fingerprint density at radius 3 is 2.58 bits per heavy atom. The van der Waals surface area contributed by atoms with Crippen molar-refractivity contribution in [2.75, 3.05) is 19.6 Å². The Balaban J connectivity index is 1.68. The Hall–Kier alpha value is -2.14. The van der Waals surface area contributed by atoms with E-state index in [-0.39, 0.29) is 17.9 Å². The zero-order chi connectivity index (χ0) is 16.9. The number of hydrogen-bond acceptors (Lipinski definition) is 3. The molecule has 2 aromatic rings. The van der Waals surface area contributed by atoms with Gasteiger partial charge in [0.1, 0.15) is 0 Å². The Morgan fingerprint density at radius 2 is 1.92 bits per heavy atom. The molecule has 0 spiro atoms. The third kappa shape index (κ3) is 3.85. The fraction of sp³-hybridized carbons (Fsp3) is 0.368. The Kier molecular flexibility index (Phi) is 5.30. The standard InChI is InChI=1S/C19H22N2O2S/c1-15(22)21-12-11-20(14-18(21)16-6-3-2-4-7-16)19(23)10-9-17-8-5-13-24-17/h2-8,13,18H,9-12,14H2,1H3/t18-/m0/s1. The minimum absolute atomic E-state index is 0.0527. The first-order valence-electron chi connectivity index (χ1n) is 8.27. The second-order valence-electron chi connectivity index (χ2n) is 6.06. The number of nitrogens with zero attached hydrogens (tertiary/aromatic N) is 2. The second kappa shape index (κ2) is 7.62. The third-order valence-electron chi connectivity index (χ3n) is 4.49. The first-order valence-corrected chi connectivity index (χ1v) is 9.15. The van der Waals surface area contributed by atoms with Crippen molar-refractivity contribution in [3.8, 4) is 0 Å². The van der Waals surface area contributed by atoms with Gasteiger partial charge in [-0.3, -0.25) is 9.59 Å². The highest BCUT2D eigenvalue weighted by atomic mass is 32.1. The molecule has 0 aliphatic carbocycles. The maximum atomic E-state index is 12.6. The van der Waals surface area contributed by atoms with Crippen LogP contribution in [0.15, 0.2) is 47.8 Å². The predicted octanol–water partition coefficient (Wildman–Crippen LogP) is 3.11. The van der Waals surface area contributed by atoms with Crippen molar-refractivity contribution < 1.29 is 9.59 Å². The predicted molar refractivity (Wildman–Crippen MR) is 95.8 cm³/mol. The molecule has 1 fully saturated rings. The third-order valence-corrected chi connectivity index (χ3v) is 5.42. The van der Waals surface area contributed by atoms with E-state index in [9.17, 15) is 9.59 Å². The van der Waals surface area contributed by atoms with Crippen LogP contribution in [0.4, 0.5) is 0 Å². The van der Waals surface area contributed by atoms with Crippen molar-refractivity contribution in [1.82, 2.24) is 9.80 Å². The van der Waals surface area contributed by atoms with Gasteiger partial charge in [-0.25, -0.2) is 0 Å². The Morgan fingerprint density at radius 1 is 1.12 bits per heavy atom. The zero-order valence-corrected chi connectivity index (χ0v) is 14.7. The number of hydrogen-bond donors (Lipinski definition) is 0. The molecule has 4 nitrogen and oxygen atoms in total. The molecule has 1 aromatic carbocycles. The number of benzene rings is 1. The fourth-order valence-corrected chi connectivity index (χ4v) is 3.90. The maximum Gasteiger partial charge on any atom is 0.223 e. The molecule has 1 atom stereocenters. The van der Waals surface area contributed by atoms with Crippen LogP contribution in [-0.2, 0) is 16.0 Å². The molecule has 2 amide bonds. The van der Waals surface area contributed by atoms with Crippen LogP contribution in [0.3, 0.4) is 0 Å². The van der Waals surface area contributed by atoms with E-state index in [1.165, 1.54) is 4.88 Å². The number of rotatable bonds is 4. The number of aryl methyl sites for hydroxylation is 1. The first kappa shape index (κ1) is 16.7. The van der Waals surface area contributed by atoms with E-state index in [2.05, 4.69) is 6.07 Å². The average molecular weight is 342 g/mol. The summed E-state index contributed by atoms with van der Waals surface area (Å²) in [4.78, 5) is 29.6. The molecule has 126 valence electrons. The van der Waals surface area contributed by atoms with Gasteiger partial charge in [0, 0.05) is 37.9 Å². The van der Waals surface area contributed by atoms with Gasteiger partial charge in [0.2, 0.25) is 11.8 Å². The van der Waals surface area contributed by atoms with Crippen molar-refractivity contribution in [1.29, 1.82) is 0 Å².